The maximum Gasteiger partial charge on any atom is 0.295 e. The maximum absolute atomic E-state index is 13.3. The minimum absolute atomic E-state index is 0.0553. The monoisotopic (exact) mass is 466 g/mol. The van der Waals surface area contributed by atoms with E-state index in [0.29, 0.717) is 42.3 Å². The van der Waals surface area contributed by atoms with Crippen molar-refractivity contribution in [1.82, 2.24) is 9.80 Å². The van der Waals surface area contributed by atoms with Crippen LogP contribution in [0.4, 0.5) is 0 Å². The topological polar surface area (TPSA) is 79.3 Å². The molecule has 1 atom stereocenters. The Labute approximate surface area is 201 Å². The number of hydrogen-bond acceptors (Lipinski definition) is 6. The molecule has 7 nitrogen and oxygen atoms in total. The first kappa shape index (κ1) is 25.3. The number of rotatable bonds is 9. The van der Waals surface area contributed by atoms with Crippen molar-refractivity contribution >= 4 is 17.4 Å². The van der Waals surface area contributed by atoms with Gasteiger partial charge >= 0.3 is 0 Å². The minimum atomic E-state index is -0.740. The molecule has 0 bridgehead atoms. The molecule has 2 aromatic carbocycles. The Morgan fingerprint density at radius 1 is 1.15 bits per heavy atom. The zero-order valence-corrected chi connectivity index (χ0v) is 20.8. The predicted molar refractivity (Wildman–Crippen MR) is 132 cm³/mol. The van der Waals surface area contributed by atoms with Crippen molar-refractivity contribution in [2.45, 2.75) is 33.2 Å². The van der Waals surface area contributed by atoms with Gasteiger partial charge in [0.2, 0.25) is 0 Å². The van der Waals surface area contributed by atoms with Crippen LogP contribution in [-0.4, -0.2) is 67.5 Å². The zero-order valence-electron chi connectivity index (χ0n) is 20.8. The van der Waals surface area contributed by atoms with Gasteiger partial charge in [-0.3, -0.25) is 9.59 Å². The van der Waals surface area contributed by atoms with Gasteiger partial charge in [0.25, 0.3) is 11.7 Å². The number of carbonyl (C=O) groups excluding carboxylic acids is 2. The first-order valence-corrected chi connectivity index (χ1v) is 11.5. The van der Waals surface area contributed by atoms with Crippen LogP contribution in [0.25, 0.3) is 5.76 Å². The smallest absolute Gasteiger partial charge is 0.295 e. The number of ether oxygens (including phenoxy) is 2. The molecule has 34 heavy (non-hydrogen) atoms. The summed E-state index contributed by atoms with van der Waals surface area (Å²) in [7, 11) is 5.34. The Morgan fingerprint density at radius 3 is 2.53 bits per heavy atom. The summed E-state index contributed by atoms with van der Waals surface area (Å²) in [4.78, 5) is 29.9. The molecule has 1 unspecified atom stereocenters. The van der Waals surface area contributed by atoms with E-state index in [2.05, 4.69) is 0 Å². The molecule has 1 aliphatic rings. The predicted octanol–water partition coefficient (Wildman–Crippen LogP) is 4.08. The number of nitrogens with zero attached hydrogens (tertiary/aromatic N) is 2. The molecule has 0 aromatic heterocycles. The first-order valence-electron chi connectivity index (χ1n) is 11.5. The lowest BCUT2D eigenvalue weighted by atomic mass is 9.93. The van der Waals surface area contributed by atoms with E-state index in [0.717, 1.165) is 17.5 Å². The molecule has 0 saturated carbocycles. The van der Waals surface area contributed by atoms with Gasteiger partial charge in [0, 0.05) is 13.1 Å². The Bertz CT molecular complexity index is 1110. The van der Waals surface area contributed by atoms with Crippen LogP contribution in [0.15, 0.2) is 42.0 Å². The van der Waals surface area contributed by atoms with Gasteiger partial charge in [0.05, 0.1) is 30.9 Å². The molecule has 1 heterocycles. The van der Waals surface area contributed by atoms with Crippen LogP contribution in [0, 0.1) is 13.8 Å². The van der Waals surface area contributed by atoms with Gasteiger partial charge in [0.1, 0.15) is 17.3 Å². The first-order chi connectivity index (χ1) is 16.2. The van der Waals surface area contributed by atoms with Crippen LogP contribution in [-0.2, 0) is 9.59 Å². The van der Waals surface area contributed by atoms with Crippen molar-refractivity contribution in [2.24, 2.45) is 0 Å². The number of hydrogen-bond donors (Lipinski definition) is 1. The Kier molecular flexibility index (Phi) is 7.99. The van der Waals surface area contributed by atoms with E-state index >= 15 is 0 Å². The summed E-state index contributed by atoms with van der Waals surface area (Å²) in [6, 6.07) is 10.3. The number of likely N-dealkylation sites (N-methyl/N-ethyl adjacent to an activating group) is 1. The average molecular weight is 467 g/mol. The van der Waals surface area contributed by atoms with E-state index in [1.807, 2.05) is 70.1 Å². The molecule has 1 saturated heterocycles. The van der Waals surface area contributed by atoms with Gasteiger partial charge in [-0.2, -0.15) is 0 Å². The fourth-order valence-electron chi connectivity index (χ4n) is 4.31. The van der Waals surface area contributed by atoms with Crippen LogP contribution in [0.5, 0.6) is 11.5 Å². The lowest BCUT2D eigenvalue weighted by Gasteiger charge is -2.27. The highest BCUT2D eigenvalue weighted by Crippen LogP contribution is 2.42. The Balaban J connectivity index is 2.22. The molecule has 3 rings (SSSR count). The highest BCUT2D eigenvalue weighted by atomic mass is 16.5. The second-order valence-corrected chi connectivity index (χ2v) is 8.88. The molecule has 1 N–H and O–H groups in total. The number of methoxy groups -OCH3 is 1. The van der Waals surface area contributed by atoms with E-state index in [-0.39, 0.29) is 11.3 Å². The average Bonchev–Trinajstić information content (AvgIpc) is 3.05. The molecule has 182 valence electrons. The van der Waals surface area contributed by atoms with Crippen molar-refractivity contribution in [3.63, 3.8) is 0 Å². The van der Waals surface area contributed by atoms with Crippen molar-refractivity contribution in [3.8, 4) is 11.5 Å². The second-order valence-electron chi connectivity index (χ2n) is 8.88. The number of aliphatic hydroxyl groups excluding tert-OH is 1. The minimum Gasteiger partial charge on any atom is -0.507 e. The normalized spacial score (nSPS) is 17.5. The highest BCUT2D eigenvalue weighted by Gasteiger charge is 2.46. The van der Waals surface area contributed by atoms with Gasteiger partial charge < -0.3 is 24.4 Å². The van der Waals surface area contributed by atoms with E-state index in [4.69, 9.17) is 9.47 Å². The number of amides is 1. The fraction of sp³-hybridized carbons (Fsp3) is 0.407. The van der Waals surface area contributed by atoms with Gasteiger partial charge in [-0.25, -0.2) is 0 Å². The summed E-state index contributed by atoms with van der Waals surface area (Å²) in [5.74, 6) is -0.443. The summed E-state index contributed by atoms with van der Waals surface area (Å²) >= 11 is 0. The third-order valence-corrected chi connectivity index (χ3v) is 5.85. The number of ketones is 1. The van der Waals surface area contributed by atoms with Gasteiger partial charge in [-0.1, -0.05) is 25.1 Å². The van der Waals surface area contributed by atoms with Crippen LogP contribution >= 0.6 is 0 Å². The van der Waals surface area contributed by atoms with Gasteiger partial charge in [0.15, 0.2) is 0 Å². The molecular formula is C27H34N2O5. The quantitative estimate of drug-likeness (QED) is 0.341. The van der Waals surface area contributed by atoms with E-state index < -0.39 is 17.7 Å². The third kappa shape index (κ3) is 5.09. The summed E-state index contributed by atoms with van der Waals surface area (Å²) in [5.41, 5.74) is 2.90. The molecule has 0 radical (unpaired) electrons. The molecule has 2 aromatic rings. The highest BCUT2D eigenvalue weighted by molar-refractivity contribution is 6.46. The summed E-state index contributed by atoms with van der Waals surface area (Å²) in [5, 5.41) is 11.5. The lowest BCUT2D eigenvalue weighted by molar-refractivity contribution is -0.140. The number of Topliss-reactive ketones (excluding diaryl/α,β-unsaturated/α-hetero) is 1. The molecule has 1 amide bonds. The summed E-state index contributed by atoms with van der Waals surface area (Å²) < 4.78 is 11.3. The number of carbonyl (C=O) groups is 2. The molecule has 1 aliphatic heterocycles. The van der Waals surface area contributed by atoms with Crippen molar-refractivity contribution in [2.75, 3.05) is 40.9 Å². The number of aryl methyl sites for hydroxylation is 2. The summed E-state index contributed by atoms with van der Waals surface area (Å²) in [6.07, 6.45) is 0.859. The van der Waals surface area contributed by atoms with Crippen LogP contribution < -0.4 is 9.47 Å². The number of aliphatic hydroxyl groups is 1. The zero-order chi connectivity index (χ0) is 25.0. The largest absolute Gasteiger partial charge is 0.507 e. The molecule has 7 heteroatoms. The SMILES string of the molecule is CCCOc1cccc(C2/C(=C(\O)c3cc(C)cc(C)c3OC)C(=O)C(=O)N2CCN(C)C)c1. The van der Waals surface area contributed by atoms with Crippen LogP contribution in [0.3, 0.4) is 0 Å². The van der Waals surface area contributed by atoms with Crippen molar-refractivity contribution < 1.29 is 24.2 Å². The van der Waals surface area contributed by atoms with Crippen LogP contribution in [0.1, 0.15) is 41.6 Å². The third-order valence-electron chi connectivity index (χ3n) is 5.85. The van der Waals surface area contributed by atoms with Crippen molar-refractivity contribution in [1.29, 1.82) is 0 Å². The standard InChI is InChI=1S/C27H34N2O5/c1-7-13-34-20-10-8-9-19(16-20)23-22(25(31)27(32)29(23)12-11-28(4)5)24(30)21-15-17(2)14-18(3)26(21)33-6/h8-10,14-16,23,30H,7,11-13H2,1-6H3/b24-22+. The molecular weight excluding hydrogens is 432 g/mol. The number of benzene rings is 2. The molecule has 1 fully saturated rings. The van der Waals surface area contributed by atoms with Gasteiger partial charge in [-0.05, 0) is 69.3 Å². The molecule has 0 spiro atoms. The van der Waals surface area contributed by atoms with E-state index in [1.165, 1.54) is 12.0 Å². The Hall–Kier alpha value is -3.32. The molecule has 0 aliphatic carbocycles. The lowest BCUT2D eigenvalue weighted by Crippen LogP contribution is -2.35. The van der Waals surface area contributed by atoms with Gasteiger partial charge in [-0.15, -0.1) is 0 Å². The number of likely N-dealkylation sites (tertiary alicyclic amines) is 1. The Morgan fingerprint density at radius 2 is 1.88 bits per heavy atom. The second kappa shape index (κ2) is 10.7. The summed E-state index contributed by atoms with van der Waals surface area (Å²) in [6.45, 7) is 7.28. The van der Waals surface area contributed by atoms with Crippen LogP contribution in [0.2, 0.25) is 0 Å². The fourth-order valence-corrected chi connectivity index (χ4v) is 4.31. The van der Waals surface area contributed by atoms with E-state index in [9.17, 15) is 14.7 Å². The van der Waals surface area contributed by atoms with E-state index in [1.54, 1.807) is 6.07 Å². The van der Waals surface area contributed by atoms with Crippen molar-refractivity contribution in [3.05, 3.63) is 64.2 Å². The maximum atomic E-state index is 13.3.